The summed E-state index contributed by atoms with van der Waals surface area (Å²) in [6.07, 6.45) is -4.44. The molecule has 0 aliphatic rings. The minimum Gasteiger partial charge on any atom is -0.508 e. The van der Waals surface area contributed by atoms with Crippen molar-refractivity contribution >= 4 is 16.8 Å². The Morgan fingerprint density at radius 2 is 1.78 bits per heavy atom. The Kier molecular flexibility index (Phi) is 3.39. The third kappa shape index (κ3) is 2.67. The lowest BCUT2D eigenvalue weighted by Crippen LogP contribution is -2.14. The number of hydrogen-bond donors (Lipinski definition) is 1. The fourth-order valence-electron chi connectivity index (χ4n) is 2.44. The van der Waals surface area contributed by atoms with Crippen LogP contribution in [0, 0.1) is 13.0 Å². The van der Waals surface area contributed by atoms with E-state index in [-0.39, 0.29) is 11.3 Å². The first-order chi connectivity index (χ1) is 10.8. The smallest absolute Gasteiger partial charge is 0.416 e. The van der Waals surface area contributed by atoms with Crippen LogP contribution in [0.4, 0.5) is 13.2 Å². The normalized spacial score (nSPS) is 11.8. The number of halogens is 3. The molecule has 0 aliphatic heterocycles. The zero-order valence-corrected chi connectivity index (χ0v) is 12.0. The highest BCUT2D eigenvalue weighted by molar-refractivity contribution is 6.03. The highest BCUT2D eigenvalue weighted by atomic mass is 19.4. The number of hydrogen-bond acceptors (Lipinski definition) is 2. The van der Waals surface area contributed by atoms with Crippen molar-refractivity contribution in [2.45, 2.75) is 13.1 Å². The van der Waals surface area contributed by atoms with E-state index < -0.39 is 17.6 Å². The Bertz CT molecular complexity index is 893. The Morgan fingerprint density at radius 1 is 1.13 bits per heavy atom. The van der Waals surface area contributed by atoms with Crippen LogP contribution in [0.3, 0.4) is 0 Å². The molecule has 23 heavy (non-hydrogen) atoms. The van der Waals surface area contributed by atoms with Crippen molar-refractivity contribution in [2.75, 3.05) is 0 Å². The Hall–Kier alpha value is -2.76. The molecule has 3 nitrogen and oxygen atoms in total. The molecule has 1 aromatic heterocycles. The van der Waals surface area contributed by atoms with Crippen LogP contribution < -0.4 is 0 Å². The lowest BCUT2D eigenvalue weighted by atomic mass is 10.1. The summed E-state index contributed by atoms with van der Waals surface area (Å²) in [5.41, 5.74) is 0.375. The zero-order valence-electron chi connectivity index (χ0n) is 12.0. The average Bonchev–Trinajstić information content (AvgIpc) is 2.80. The molecule has 1 N–H and O–H groups in total. The van der Waals surface area contributed by atoms with E-state index in [1.165, 1.54) is 16.7 Å². The first kappa shape index (κ1) is 15.1. The summed E-state index contributed by atoms with van der Waals surface area (Å²) in [4.78, 5) is 12.6. The van der Waals surface area contributed by atoms with Gasteiger partial charge in [0.2, 0.25) is 0 Å². The maximum absolute atomic E-state index is 12.6. The van der Waals surface area contributed by atoms with Gasteiger partial charge in [0.1, 0.15) is 5.75 Å². The molecular weight excluding hydrogens is 307 g/mol. The van der Waals surface area contributed by atoms with Crippen LogP contribution in [-0.4, -0.2) is 15.6 Å². The molecule has 0 saturated carbocycles. The summed E-state index contributed by atoms with van der Waals surface area (Å²) in [6.45, 7) is 1.67. The monoisotopic (exact) mass is 318 g/mol. The van der Waals surface area contributed by atoms with Gasteiger partial charge in [0.15, 0.2) is 0 Å². The number of aryl methyl sites for hydroxylation is 1. The molecule has 0 amide bonds. The van der Waals surface area contributed by atoms with Crippen LogP contribution in [0.1, 0.15) is 21.6 Å². The molecule has 0 atom stereocenters. The standard InChI is InChI=1S/C17H11F3NO2/c1-10-8-12-9-14(22)6-7-15(12)21(10)16(23)11-2-4-13(5-3-11)17(18,19)20/h2-7,9,22H,1H3. The second-order valence-corrected chi connectivity index (χ2v) is 5.13. The van der Waals surface area contributed by atoms with Crippen molar-refractivity contribution in [3.05, 3.63) is 65.4 Å². The van der Waals surface area contributed by atoms with Gasteiger partial charge in [-0.2, -0.15) is 13.2 Å². The molecule has 0 aliphatic carbocycles. The van der Waals surface area contributed by atoms with E-state index in [0.717, 1.165) is 24.3 Å². The molecule has 0 fully saturated rings. The minimum absolute atomic E-state index is 0.0490. The zero-order chi connectivity index (χ0) is 16.8. The lowest BCUT2D eigenvalue weighted by molar-refractivity contribution is -0.137. The van der Waals surface area contributed by atoms with Crippen LogP contribution in [0.5, 0.6) is 5.75 Å². The van der Waals surface area contributed by atoms with Crippen LogP contribution in [0.15, 0.2) is 42.5 Å². The molecule has 6 heteroatoms. The van der Waals surface area contributed by atoms with Crippen LogP contribution in [-0.2, 0) is 6.18 Å². The largest absolute Gasteiger partial charge is 0.508 e. The second-order valence-electron chi connectivity index (χ2n) is 5.13. The van der Waals surface area contributed by atoms with E-state index in [1.807, 2.05) is 0 Å². The number of aromatic nitrogens is 1. The van der Waals surface area contributed by atoms with Crippen molar-refractivity contribution in [3.8, 4) is 5.75 Å². The predicted molar refractivity (Wildman–Crippen MR) is 78.3 cm³/mol. The van der Waals surface area contributed by atoms with Crippen molar-refractivity contribution in [2.24, 2.45) is 0 Å². The summed E-state index contributed by atoms with van der Waals surface area (Å²) in [7, 11) is 0. The van der Waals surface area contributed by atoms with Crippen LogP contribution in [0.2, 0.25) is 0 Å². The minimum atomic E-state index is -4.44. The van der Waals surface area contributed by atoms with Crippen molar-refractivity contribution in [3.63, 3.8) is 0 Å². The molecular formula is C17H11F3NO2. The van der Waals surface area contributed by atoms with Crippen molar-refractivity contribution in [1.82, 2.24) is 4.57 Å². The van der Waals surface area contributed by atoms with Gasteiger partial charge in [-0.3, -0.25) is 9.36 Å². The Labute approximate surface area is 129 Å². The van der Waals surface area contributed by atoms with Gasteiger partial charge in [-0.05, 0) is 49.4 Å². The van der Waals surface area contributed by atoms with E-state index in [1.54, 1.807) is 13.0 Å². The first-order valence-corrected chi connectivity index (χ1v) is 6.72. The topological polar surface area (TPSA) is 42.2 Å². The second kappa shape index (κ2) is 5.15. The number of aromatic hydroxyl groups is 1. The highest BCUT2D eigenvalue weighted by Crippen LogP contribution is 2.30. The average molecular weight is 318 g/mol. The maximum atomic E-state index is 12.6. The fraction of sp³-hybridized carbons (Fsp3) is 0.118. The number of nitrogens with zero attached hydrogens (tertiary/aromatic N) is 1. The van der Waals surface area contributed by atoms with Crippen LogP contribution >= 0.6 is 0 Å². The van der Waals surface area contributed by atoms with Crippen molar-refractivity contribution < 1.29 is 23.1 Å². The third-order valence-corrected chi connectivity index (χ3v) is 3.53. The Balaban J connectivity index is 2.05. The maximum Gasteiger partial charge on any atom is 0.416 e. The molecule has 3 aromatic rings. The quantitative estimate of drug-likeness (QED) is 0.732. The number of phenols is 1. The molecule has 117 valence electrons. The van der Waals surface area contributed by atoms with E-state index in [9.17, 15) is 23.1 Å². The summed E-state index contributed by atoms with van der Waals surface area (Å²) in [6, 6.07) is 11.5. The summed E-state index contributed by atoms with van der Waals surface area (Å²) in [5, 5.41) is 10.0. The highest BCUT2D eigenvalue weighted by Gasteiger charge is 2.30. The van der Waals surface area contributed by atoms with Gasteiger partial charge in [-0.1, -0.05) is 0 Å². The molecule has 0 unspecified atom stereocenters. The molecule has 0 spiro atoms. The number of benzene rings is 2. The van der Waals surface area contributed by atoms with Gasteiger partial charge in [-0.15, -0.1) is 0 Å². The first-order valence-electron chi connectivity index (χ1n) is 6.72. The van der Waals surface area contributed by atoms with E-state index >= 15 is 0 Å². The van der Waals surface area contributed by atoms with Gasteiger partial charge in [-0.25, -0.2) is 0 Å². The molecule has 0 saturated heterocycles. The summed E-state index contributed by atoms with van der Waals surface area (Å²) in [5.74, 6) is -0.402. The molecule has 0 bridgehead atoms. The van der Waals surface area contributed by atoms with Gasteiger partial charge in [0.05, 0.1) is 11.1 Å². The molecule has 1 heterocycles. The molecule has 2 aromatic carbocycles. The lowest BCUT2D eigenvalue weighted by Gasteiger charge is -2.09. The van der Waals surface area contributed by atoms with E-state index in [4.69, 9.17) is 0 Å². The fourth-order valence-corrected chi connectivity index (χ4v) is 2.44. The van der Waals surface area contributed by atoms with Crippen LogP contribution in [0.25, 0.3) is 10.9 Å². The summed E-state index contributed by atoms with van der Waals surface area (Å²) < 4.78 is 39.1. The van der Waals surface area contributed by atoms with Crippen molar-refractivity contribution in [1.29, 1.82) is 0 Å². The van der Waals surface area contributed by atoms with Gasteiger partial charge >= 0.3 is 6.18 Å². The number of rotatable bonds is 1. The molecule has 3 rings (SSSR count). The van der Waals surface area contributed by atoms with Gasteiger partial charge in [0.25, 0.3) is 5.91 Å². The SMILES string of the molecule is Cc1[c]c2cc(O)ccc2n1C(=O)c1ccc(C(F)(F)F)cc1. The Morgan fingerprint density at radius 3 is 2.39 bits per heavy atom. The third-order valence-electron chi connectivity index (χ3n) is 3.53. The van der Waals surface area contributed by atoms with Gasteiger partial charge < -0.3 is 5.11 Å². The number of fused-ring (bicyclic) bond motifs is 1. The predicted octanol–water partition coefficient (Wildman–Crippen LogP) is 4.16. The molecule has 1 radical (unpaired) electrons. The number of alkyl halides is 3. The number of phenolic OH excluding ortho intramolecular Hbond substituents is 1. The van der Waals surface area contributed by atoms with E-state index in [2.05, 4.69) is 6.07 Å². The van der Waals surface area contributed by atoms with E-state index in [0.29, 0.717) is 16.6 Å². The number of carbonyl (C=O) groups excluding carboxylic acids is 1. The summed E-state index contributed by atoms with van der Waals surface area (Å²) >= 11 is 0. The number of carbonyl (C=O) groups is 1. The van der Waals surface area contributed by atoms with Gasteiger partial charge in [0, 0.05) is 22.7 Å².